The van der Waals surface area contributed by atoms with Gasteiger partial charge >= 0.3 is 5.97 Å². The number of carbonyl (C=O) groups excluding carboxylic acids is 1. The molecular formula is C15H11N3O4S. The van der Waals surface area contributed by atoms with Crippen LogP contribution in [0.25, 0.3) is 10.2 Å². The number of benzene rings is 1. The molecule has 0 saturated carbocycles. The highest BCUT2D eigenvalue weighted by atomic mass is 32.1. The fourth-order valence-corrected chi connectivity index (χ4v) is 2.83. The molecule has 116 valence electrons. The zero-order valence-electron chi connectivity index (χ0n) is 11.9. The van der Waals surface area contributed by atoms with Crippen LogP contribution in [0.15, 0.2) is 36.5 Å². The minimum Gasteiger partial charge on any atom is -0.497 e. The number of carboxylic acid groups (broad SMARTS) is 1. The highest BCUT2D eigenvalue weighted by Crippen LogP contribution is 2.27. The molecule has 0 atom stereocenters. The third kappa shape index (κ3) is 3.11. The fraction of sp³-hybridized carbons (Fsp3) is 0.0667. The summed E-state index contributed by atoms with van der Waals surface area (Å²) in [6, 6.07) is 7.76. The Morgan fingerprint density at radius 2 is 2.09 bits per heavy atom. The summed E-state index contributed by atoms with van der Waals surface area (Å²) >= 11 is 1.20. The Morgan fingerprint density at radius 1 is 1.26 bits per heavy atom. The molecule has 2 heterocycles. The van der Waals surface area contributed by atoms with Crippen LogP contribution < -0.4 is 10.1 Å². The number of hydrogen-bond donors (Lipinski definition) is 2. The first kappa shape index (κ1) is 14.9. The number of hydrogen-bond acceptors (Lipinski definition) is 6. The number of nitrogens with zero attached hydrogens (tertiary/aromatic N) is 2. The van der Waals surface area contributed by atoms with Crippen LogP contribution in [0.2, 0.25) is 0 Å². The first-order chi connectivity index (χ1) is 11.1. The smallest absolute Gasteiger partial charge is 0.335 e. The number of methoxy groups -OCH3 is 1. The van der Waals surface area contributed by atoms with Crippen molar-refractivity contribution in [3.8, 4) is 5.75 Å². The van der Waals surface area contributed by atoms with E-state index in [1.807, 2.05) is 0 Å². The molecule has 0 bridgehead atoms. The van der Waals surface area contributed by atoms with Crippen LogP contribution in [-0.4, -0.2) is 34.1 Å². The Bertz CT molecular complexity index is 907. The van der Waals surface area contributed by atoms with Gasteiger partial charge in [-0.25, -0.2) is 9.78 Å². The number of pyridine rings is 1. The SMILES string of the molecule is COc1ccnc(C(=O)Nc2nc3ccc(C(=O)O)cc3s2)c1. The van der Waals surface area contributed by atoms with E-state index in [0.29, 0.717) is 21.1 Å². The first-order valence-electron chi connectivity index (χ1n) is 6.52. The molecule has 0 aliphatic carbocycles. The maximum atomic E-state index is 12.2. The minimum atomic E-state index is -1.01. The molecule has 0 aliphatic rings. The Labute approximate surface area is 134 Å². The number of carbonyl (C=O) groups is 2. The zero-order valence-corrected chi connectivity index (χ0v) is 12.8. The summed E-state index contributed by atoms with van der Waals surface area (Å²) in [5.41, 5.74) is 0.997. The molecule has 0 fully saturated rings. The Balaban J connectivity index is 1.85. The van der Waals surface area contributed by atoms with Gasteiger partial charge in [-0.15, -0.1) is 0 Å². The minimum absolute atomic E-state index is 0.175. The van der Waals surface area contributed by atoms with Gasteiger partial charge in [-0.05, 0) is 24.3 Å². The summed E-state index contributed by atoms with van der Waals surface area (Å²) < 4.78 is 5.73. The number of anilines is 1. The fourth-order valence-electron chi connectivity index (χ4n) is 1.93. The highest BCUT2D eigenvalue weighted by Gasteiger charge is 2.13. The van der Waals surface area contributed by atoms with Crippen LogP contribution in [0, 0.1) is 0 Å². The van der Waals surface area contributed by atoms with Crippen LogP contribution in [0.1, 0.15) is 20.8 Å². The third-order valence-electron chi connectivity index (χ3n) is 3.06. The van der Waals surface area contributed by atoms with Crippen molar-refractivity contribution in [1.29, 1.82) is 0 Å². The number of ether oxygens (including phenoxy) is 1. The molecule has 8 heteroatoms. The second-order valence-electron chi connectivity index (χ2n) is 4.54. The summed E-state index contributed by atoms with van der Waals surface area (Å²) in [4.78, 5) is 31.4. The van der Waals surface area contributed by atoms with Crippen LogP contribution in [0.5, 0.6) is 5.75 Å². The molecule has 0 aliphatic heterocycles. The molecule has 1 aromatic carbocycles. The molecule has 0 spiro atoms. The largest absolute Gasteiger partial charge is 0.497 e. The molecule has 0 saturated heterocycles. The van der Waals surface area contributed by atoms with E-state index in [0.717, 1.165) is 0 Å². The van der Waals surface area contributed by atoms with E-state index in [4.69, 9.17) is 9.84 Å². The molecule has 0 unspecified atom stereocenters. The predicted molar refractivity (Wildman–Crippen MR) is 85.3 cm³/mol. The van der Waals surface area contributed by atoms with Crippen molar-refractivity contribution in [1.82, 2.24) is 9.97 Å². The van der Waals surface area contributed by atoms with E-state index >= 15 is 0 Å². The van der Waals surface area contributed by atoms with Crippen molar-refractivity contribution >= 4 is 38.6 Å². The van der Waals surface area contributed by atoms with Crippen molar-refractivity contribution in [2.75, 3.05) is 12.4 Å². The molecule has 2 aromatic heterocycles. The van der Waals surface area contributed by atoms with Crippen molar-refractivity contribution in [2.24, 2.45) is 0 Å². The van der Waals surface area contributed by atoms with Gasteiger partial charge in [0.1, 0.15) is 11.4 Å². The number of thiazole rings is 1. The molecule has 3 aromatic rings. The van der Waals surface area contributed by atoms with Gasteiger partial charge in [0.15, 0.2) is 5.13 Å². The number of amides is 1. The van der Waals surface area contributed by atoms with Crippen LogP contribution in [0.3, 0.4) is 0 Å². The molecule has 23 heavy (non-hydrogen) atoms. The molecule has 1 amide bonds. The van der Waals surface area contributed by atoms with Crippen molar-refractivity contribution < 1.29 is 19.4 Å². The second-order valence-corrected chi connectivity index (χ2v) is 5.57. The maximum Gasteiger partial charge on any atom is 0.335 e. The zero-order chi connectivity index (χ0) is 16.4. The summed E-state index contributed by atoms with van der Waals surface area (Å²) in [5, 5.41) is 12.0. The number of rotatable bonds is 4. The van der Waals surface area contributed by atoms with Gasteiger partial charge in [0.2, 0.25) is 0 Å². The average Bonchev–Trinajstić information content (AvgIpc) is 2.96. The average molecular weight is 329 g/mol. The number of nitrogens with one attached hydrogen (secondary N) is 1. The van der Waals surface area contributed by atoms with E-state index in [1.165, 1.54) is 42.8 Å². The monoisotopic (exact) mass is 329 g/mol. The lowest BCUT2D eigenvalue weighted by molar-refractivity contribution is 0.0697. The Morgan fingerprint density at radius 3 is 2.83 bits per heavy atom. The third-order valence-corrected chi connectivity index (χ3v) is 3.99. The summed E-state index contributed by atoms with van der Waals surface area (Å²) in [5.74, 6) is -0.895. The van der Waals surface area contributed by atoms with Crippen LogP contribution in [-0.2, 0) is 0 Å². The van der Waals surface area contributed by atoms with Gasteiger partial charge in [-0.3, -0.25) is 15.1 Å². The Hall–Kier alpha value is -3.00. The maximum absolute atomic E-state index is 12.2. The number of aromatic carboxylic acids is 1. The topological polar surface area (TPSA) is 101 Å². The number of carboxylic acids is 1. The first-order valence-corrected chi connectivity index (χ1v) is 7.34. The normalized spacial score (nSPS) is 10.5. The van der Waals surface area contributed by atoms with Gasteiger partial charge in [0.05, 0.1) is 22.9 Å². The lowest BCUT2D eigenvalue weighted by atomic mass is 10.2. The van der Waals surface area contributed by atoms with E-state index < -0.39 is 11.9 Å². The van der Waals surface area contributed by atoms with E-state index in [2.05, 4.69) is 15.3 Å². The lowest BCUT2D eigenvalue weighted by Crippen LogP contribution is -2.13. The van der Waals surface area contributed by atoms with Gasteiger partial charge in [-0.2, -0.15) is 0 Å². The van der Waals surface area contributed by atoms with Gasteiger partial charge < -0.3 is 9.84 Å². The predicted octanol–water partition coefficient (Wildman–Crippen LogP) is 2.65. The van der Waals surface area contributed by atoms with Gasteiger partial charge in [0.25, 0.3) is 5.91 Å². The molecule has 3 rings (SSSR count). The number of aromatic nitrogens is 2. The van der Waals surface area contributed by atoms with Crippen molar-refractivity contribution in [3.05, 3.63) is 47.8 Å². The Kier molecular flexibility index (Phi) is 3.90. The molecule has 0 radical (unpaired) electrons. The summed E-state index contributed by atoms with van der Waals surface area (Å²) in [7, 11) is 1.50. The van der Waals surface area contributed by atoms with E-state index in [1.54, 1.807) is 12.1 Å². The highest BCUT2D eigenvalue weighted by molar-refractivity contribution is 7.22. The van der Waals surface area contributed by atoms with Crippen LogP contribution >= 0.6 is 11.3 Å². The standard InChI is InChI=1S/C15H11N3O4S/c1-22-9-4-5-16-11(7-9)13(19)18-15-17-10-3-2-8(14(20)21)6-12(10)23-15/h2-7H,1H3,(H,20,21)(H,17,18,19). The lowest BCUT2D eigenvalue weighted by Gasteiger charge is -2.03. The van der Waals surface area contributed by atoms with Crippen molar-refractivity contribution in [2.45, 2.75) is 0 Å². The molecule has 7 nitrogen and oxygen atoms in total. The second kappa shape index (κ2) is 6.01. The van der Waals surface area contributed by atoms with Crippen LogP contribution in [0.4, 0.5) is 5.13 Å². The summed E-state index contributed by atoms with van der Waals surface area (Å²) in [6.45, 7) is 0. The summed E-state index contributed by atoms with van der Waals surface area (Å²) in [6.07, 6.45) is 1.48. The van der Waals surface area contributed by atoms with E-state index in [9.17, 15) is 9.59 Å². The quantitative estimate of drug-likeness (QED) is 0.763. The molecule has 2 N–H and O–H groups in total. The number of fused-ring (bicyclic) bond motifs is 1. The van der Waals surface area contributed by atoms with Crippen molar-refractivity contribution in [3.63, 3.8) is 0 Å². The van der Waals surface area contributed by atoms with Gasteiger partial charge in [0, 0.05) is 12.3 Å². The van der Waals surface area contributed by atoms with Gasteiger partial charge in [-0.1, -0.05) is 11.3 Å². The molecular weight excluding hydrogens is 318 g/mol. The van der Waals surface area contributed by atoms with E-state index in [-0.39, 0.29) is 11.3 Å².